The van der Waals surface area contributed by atoms with Crippen molar-refractivity contribution in [1.29, 1.82) is 0 Å². The zero-order valence-electron chi connectivity index (χ0n) is 17.6. The van der Waals surface area contributed by atoms with Crippen molar-refractivity contribution in [3.05, 3.63) is 89.1 Å². The van der Waals surface area contributed by atoms with Gasteiger partial charge in [-0.15, -0.1) is 0 Å². The van der Waals surface area contributed by atoms with Gasteiger partial charge in [-0.2, -0.15) is 0 Å². The Morgan fingerprint density at radius 2 is 1.74 bits per heavy atom. The van der Waals surface area contributed by atoms with Gasteiger partial charge in [0.25, 0.3) is 0 Å². The molecule has 0 saturated heterocycles. The van der Waals surface area contributed by atoms with E-state index in [9.17, 15) is 0 Å². The van der Waals surface area contributed by atoms with Crippen molar-refractivity contribution in [2.45, 2.75) is 26.7 Å². The van der Waals surface area contributed by atoms with Crippen molar-refractivity contribution in [3.63, 3.8) is 0 Å². The Labute approximate surface area is 185 Å². The number of aromatic nitrogens is 2. The Morgan fingerprint density at radius 3 is 2.61 bits per heavy atom. The highest BCUT2D eigenvalue weighted by molar-refractivity contribution is 7.22. The molecule has 0 spiro atoms. The Kier molecular flexibility index (Phi) is 4.22. The van der Waals surface area contributed by atoms with Crippen LogP contribution in [0.15, 0.2) is 66.7 Å². The summed E-state index contributed by atoms with van der Waals surface area (Å²) in [6.07, 6.45) is 6.70. The minimum Gasteiger partial charge on any atom is -0.331 e. The molecular formula is C27H23N3S. The zero-order valence-corrected chi connectivity index (χ0v) is 18.5. The van der Waals surface area contributed by atoms with Gasteiger partial charge in [-0.3, -0.25) is 0 Å². The van der Waals surface area contributed by atoms with Crippen LogP contribution in [0.2, 0.25) is 0 Å². The number of hydrogen-bond acceptors (Lipinski definition) is 3. The van der Waals surface area contributed by atoms with Crippen molar-refractivity contribution in [1.82, 2.24) is 9.55 Å². The molecule has 0 fully saturated rings. The minimum atomic E-state index is 0.935. The third-order valence-corrected chi connectivity index (χ3v) is 7.14. The van der Waals surface area contributed by atoms with E-state index in [1.165, 1.54) is 38.0 Å². The summed E-state index contributed by atoms with van der Waals surface area (Å²) in [6.45, 7) is 4.28. The summed E-state index contributed by atoms with van der Waals surface area (Å²) in [5, 5.41) is 5.84. The number of anilines is 2. The van der Waals surface area contributed by atoms with Crippen LogP contribution >= 0.6 is 11.3 Å². The quantitative estimate of drug-likeness (QED) is 0.326. The van der Waals surface area contributed by atoms with E-state index in [0.717, 1.165) is 34.9 Å². The molecule has 0 bridgehead atoms. The van der Waals surface area contributed by atoms with E-state index >= 15 is 0 Å². The van der Waals surface area contributed by atoms with Crippen molar-refractivity contribution in [2.24, 2.45) is 0 Å². The van der Waals surface area contributed by atoms with Gasteiger partial charge >= 0.3 is 0 Å². The molecule has 3 nitrogen and oxygen atoms in total. The van der Waals surface area contributed by atoms with E-state index < -0.39 is 0 Å². The van der Waals surface area contributed by atoms with Crippen molar-refractivity contribution >= 4 is 49.4 Å². The van der Waals surface area contributed by atoms with Gasteiger partial charge < -0.3 is 9.88 Å². The highest BCUT2D eigenvalue weighted by Crippen LogP contribution is 2.38. The number of aryl methyl sites for hydroxylation is 2. The van der Waals surface area contributed by atoms with Gasteiger partial charge in [-0.05, 0) is 56.0 Å². The smallest absolute Gasteiger partial charge is 0.188 e. The number of nitrogens with zero attached hydrogens (tertiary/aromatic N) is 2. The second kappa shape index (κ2) is 7.10. The number of benzene rings is 3. The molecule has 152 valence electrons. The van der Waals surface area contributed by atoms with Crippen LogP contribution in [0.3, 0.4) is 0 Å². The second-order valence-corrected chi connectivity index (χ2v) is 9.22. The number of nitrogens with one attached hydrogen (secondary N) is 1. The molecule has 1 aliphatic carbocycles. The summed E-state index contributed by atoms with van der Waals surface area (Å²) in [7, 11) is 0. The maximum absolute atomic E-state index is 5.07. The van der Waals surface area contributed by atoms with E-state index in [-0.39, 0.29) is 0 Å². The first-order valence-electron chi connectivity index (χ1n) is 10.7. The van der Waals surface area contributed by atoms with E-state index in [1.807, 2.05) is 0 Å². The number of allylic oxidation sites excluding steroid dienone is 1. The summed E-state index contributed by atoms with van der Waals surface area (Å²) in [4.78, 5) is 5.07. The van der Waals surface area contributed by atoms with Crippen molar-refractivity contribution < 1.29 is 0 Å². The van der Waals surface area contributed by atoms with Gasteiger partial charge in [0.15, 0.2) is 5.13 Å². The van der Waals surface area contributed by atoms with E-state index in [4.69, 9.17) is 4.98 Å². The summed E-state index contributed by atoms with van der Waals surface area (Å²) < 4.78 is 3.63. The lowest BCUT2D eigenvalue weighted by Crippen LogP contribution is -2.03. The van der Waals surface area contributed by atoms with E-state index in [2.05, 4.69) is 96.5 Å². The highest BCUT2D eigenvalue weighted by Gasteiger charge is 2.20. The monoisotopic (exact) mass is 421 g/mol. The molecule has 0 radical (unpaired) electrons. The normalized spacial score (nSPS) is 13.1. The molecule has 31 heavy (non-hydrogen) atoms. The lowest BCUT2D eigenvalue weighted by Gasteiger charge is -2.13. The van der Waals surface area contributed by atoms with Gasteiger partial charge in [0, 0.05) is 22.3 Å². The van der Waals surface area contributed by atoms with Crippen molar-refractivity contribution in [3.8, 4) is 5.69 Å². The van der Waals surface area contributed by atoms with Gasteiger partial charge in [0.2, 0.25) is 0 Å². The Hall–Kier alpha value is -3.37. The van der Waals surface area contributed by atoms with Crippen LogP contribution in [0.5, 0.6) is 0 Å². The topological polar surface area (TPSA) is 29.9 Å². The SMILES string of the molecule is Cc1cccc(C)c1Nc1nc2c(-n3c4c(c5ccccc53)C=CCC4)cccc2s1. The number of fused-ring (bicyclic) bond motifs is 4. The Morgan fingerprint density at radius 1 is 0.935 bits per heavy atom. The predicted octanol–water partition coefficient (Wildman–Crippen LogP) is 7.56. The summed E-state index contributed by atoms with van der Waals surface area (Å²) >= 11 is 1.71. The minimum absolute atomic E-state index is 0.935. The van der Waals surface area contributed by atoms with Crippen LogP contribution in [0.1, 0.15) is 28.8 Å². The molecule has 0 saturated carbocycles. The number of thiazole rings is 1. The summed E-state index contributed by atoms with van der Waals surface area (Å²) in [5.74, 6) is 0. The second-order valence-electron chi connectivity index (χ2n) is 8.19. The molecule has 2 aromatic heterocycles. The Bertz CT molecular complexity index is 1470. The van der Waals surface area contributed by atoms with Gasteiger partial charge in [0.1, 0.15) is 5.52 Å². The molecule has 0 amide bonds. The van der Waals surface area contributed by atoms with Crippen LogP contribution in [0.4, 0.5) is 10.8 Å². The lowest BCUT2D eigenvalue weighted by atomic mass is 10.0. The molecule has 1 aliphatic rings. The molecule has 5 aromatic rings. The van der Waals surface area contributed by atoms with Crippen LogP contribution < -0.4 is 5.32 Å². The first-order chi connectivity index (χ1) is 15.2. The lowest BCUT2D eigenvalue weighted by molar-refractivity contribution is 0.891. The zero-order chi connectivity index (χ0) is 20.9. The standard InChI is InChI=1S/C27H23N3S/c1-17-9-7-10-18(2)25(17)28-27-29-26-23(15-8-16-24(26)31-27)30-21-13-5-3-11-19(21)20-12-4-6-14-22(20)30/h3-5,7-13,15-16H,6,14H2,1-2H3,(H,28,29). The van der Waals surface area contributed by atoms with Crippen LogP contribution in [-0.2, 0) is 6.42 Å². The number of para-hydroxylation sites is 3. The molecule has 1 N–H and O–H groups in total. The first kappa shape index (κ1) is 18.4. The summed E-state index contributed by atoms with van der Waals surface area (Å²) in [5.41, 5.74) is 9.82. The third-order valence-electron chi connectivity index (χ3n) is 6.20. The van der Waals surface area contributed by atoms with Crippen molar-refractivity contribution in [2.75, 3.05) is 5.32 Å². The number of hydrogen-bond donors (Lipinski definition) is 1. The Balaban J connectivity index is 1.55. The predicted molar refractivity (Wildman–Crippen MR) is 133 cm³/mol. The average Bonchev–Trinajstić information content (AvgIpc) is 3.35. The molecule has 3 aromatic carbocycles. The van der Waals surface area contributed by atoms with Gasteiger partial charge in [-0.25, -0.2) is 4.98 Å². The third kappa shape index (κ3) is 2.90. The summed E-state index contributed by atoms with van der Waals surface area (Å²) in [6, 6.07) is 21.6. The first-order valence-corrected chi connectivity index (χ1v) is 11.5. The molecule has 0 unspecified atom stereocenters. The highest BCUT2D eigenvalue weighted by atomic mass is 32.1. The fourth-order valence-electron chi connectivity index (χ4n) is 4.73. The largest absolute Gasteiger partial charge is 0.331 e. The van der Waals surface area contributed by atoms with Crippen LogP contribution in [0, 0.1) is 13.8 Å². The molecule has 0 atom stereocenters. The number of rotatable bonds is 3. The van der Waals surface area contributed by atoms with Gasteiger partial charge in [0.05, 0.1) is 15.9 Å². The molecule has 4 heteroatoms. The van der Waals surface area contributed by atoms with E-state index in [1.54, 1.807) is 11.3 Å². The maximum atomic E-state index is 5.07. The molecule has 2 heterocycles. The molecule has 6 rings (SSSR count). The van der Waals surface area contributed by atoms with Crippen LogP contribution in [-0.4, -0.2) is 9.55 Å². The van der Waals surface area contributed by atoms with Gasteiger partial charge in [-0.1, -0.05) is 66.0 Å². The average molecular weight is 422 g/mol. The molecule has 0 aliphatic heterocycles. The fraction of sp³-hybridized carbons (Fsp3) is 0.148. The maximum Gasteiger partial charge on any atom is 0.188 e. The van der Waals surface area contributed by atoms with E-state index in [0.29, 0.717) is 0 Å². The molecular weight excluding hydrogens is 398 g/mol. The van der Waals surface area contributed by atoms with Crippen LogP contribution in [0.25, 0.3) is 32.9 Å². The fourth-order valence-corrected chi connectivity index (χ4v) is 5.62.